The summed E-state index contributed by atoms with van der Waals surface area (Å²) >= 11 is 0. The summed E-state index contributed by atoms with van der Waals surface area (Å²) in [5, 5.41) is 3.77. The van der Waals surface area contributed by atoms with Crippen molar-refractivity contribution in [2.75, 3.05) is 12.9 Å². The van der Waals surface area contributed by atoms with Crippen molar-refractivity contribution < 1.29 is 17.9 Å². The molecule has 0 spiro atoms. The molecule has 0 saturated heterocycles. The van der Waals surface area contributed by atoms with Crippen LogP contribution in [0.4, 0.5) is 0 Å². The standard InChI is InChI=1S/C12H13NO4S/c1-17-11-5-3-2-4-10(11)12(14)13-9-6-7-18(15,16)8-9/h2-7,9H,8H2,1H3,(H,13,14). The van der Waals surface area contributed by atoms with Crippen LogP contribution >= 0.6 is 0 Å². The molecule has 1 aromatic carbocycles. The fraction of sp³-hybridized carbons (Fsp3) is 0.250. The first-order chi connectivity index (χ1) is 8.52. The van der Waals surface area contributed by atoms with Crippen molar-refractivity contribution in [1.82, 2.24) is 5.32 Å². The van der Waals surface area contributed by atoms with Gasteiger partial charge in [0.1, 0.15) is 5.75 Å². The predicted molar refractivity (Wildman–Crippen MR) is 67.2 cm³/mol. The zero-order valence-electron chi connectivity index (χ0n) is 9.79. The molecule has 0 saturated carbocycles. The molecule has 0 radical (unpaired) electrons. The van der Waals surface area contributed by atoms with E-state index in [1.807, 2.05) is 0 Å². The molecule has 0 aromatic heterocycles. The molecule has 1 N–H and O–H groups in total. The maximum Gasteiger partial charge on any atom is 0.255 e. The maximum absolute atomic E-state index is 12.0. The second-order valence-electron chi connectivity index (χ2n) is 3.94. The topological polar surface area (TPSA) is 72.5 Å². The van der Waals surface area contributed by atoms with Gasteiger partial charge in [-0.2, -0.15) is 0 Å². The summed E-state index contributed by atoms with van der Waals surface area (Å²) in [6.45, 7) is 0. The molecule has 0 fully saturated rings. The van der Waals surface area contributed by atoms with Crippen LogP contribution in [0.5, 0.6) is 5.75 Å². The Kier molecular flexibility index (Phi) is 3.38. The largest absolute Gasteiger partial charge is 0.496 e. The van der Waals surface area contributed by atoms with Gasteiger partial charge in [-0.25, -0.2) is 8.42 Å². The second-order valence-corrected chi connectivity index (χ2v) is 5.87. The molecule has 96 valence electrons. The molecule has 1 aliphatic rings. The Morgan fingerprint density at radius 1 is 1.39 bits per heavy atom. The summed E-state index contributed by atoms with van der Waals surface area (Å²) in [6, 6.07) is 6.30. The zero-order valence-corrected chi connectivity index (χ0v) is 10.6. The minimum Gasteiger partial charge on any atom is -0.496 e. The molecule has 2 rings (SSSR count). The first-order valence-electron chi connectivity index (χ1n) is 5.37. The van der Waals surface area contributed by atoms with Crippen molar-refractivity contribution in [3.63, 3.8) is 0 Å². The Hall–Kier alpha value is -1.82. The van der Waals surface area contributed by atoms with E-state index in [0.717, 1.165) is 5.41 Å². The molecule has 1 aromatic rings. The van der Waals surface area contributed by atoms with Crippen LogP contribution < -0.4 is 10.1 Å². The van der Waals surface area contributed by atoms with Crippen molar-refractivity contribution in [1.29, 1.82) is 0 Å². The molecule has 1 unspecified atom stereocenters. The van der Waals surface area contributed by atoms with E-state index in [9.17, 15) is 13.2 Å². The third-order valence-electron chi connectivity index (χ3n) is 2.60. The van der Waals surface area contributed by atoms with Crippen LogP contribution in [-0.4, -0.2) is 33.2 Å². The number of methoxy groups -OCH3 is 1. The highest BCUT2D eigenvalue weighted by molar-refractivity contribution is 7.94. The Balaban J connectivity index is 2.12. The minimum atomic E-state index is -3.17. The molecule has 1 aliphatic heterocycles. The van der Waals surface area contributed by atoms with Crippen molar-refractivity contribution in [3.05, 3.63) is 41.3 Å². The van der Waals surface area contributed by atoms with Gasteiger partial charge in [0, 0.05) is 5.41 Å². The molecule has 1 heterocycles. The van der Waals surface area contributed by atoms with E-state index in [4.69, 9.17) is 4.74 Å². The number of rotatable bonds is 3. The van der Waals surface area contributed by atoms with Crippen LogP contribution in [-0.2, 0) is 9.84 Å². The molecule has 1 atom stereocenters. The average Bonchev–Trinajstić information content (AvgIpc) is 2.68. The Bertz CT molecular complexity index is 592. The molecule has 18 heavy (non-hydrogen) atoms. The van der Waals surface area contributed by atoms with Gasteiger partial charge in [0.15, 0.2) is 9.84 Å². The van der Waals surface area contributed by atoms with Gasteiger partial charge in [0.05, 0.1) is 24.5 Å². The first kappa shape index (κ1) is 12.6. The third-order valence-corrected chi connectivity index (χ3v) is 3.99. The van der Waals surface area contributed by atoms with Crippen molar-refractivity contribution in [3.8, 4) is 5.75 Å². The van der Waals surface area contributed by atoms with Crippen molar-refractivity contribution in [2.24, 2.45) is 0 Å². The van der Waals surface area contributed by atoms with E-state index in [1.165, 1.54) is 13.2 Å². The van der Waals surface area contributed by atoms with Gasteiger partial charge in [0.25, 0.3) is 5.91 Å². The highest BCUT2D eigenvalue weighted by Crippen LogP contribution is 2.18. The highest BCUT2D eigenvalue weighted by Gasteiger charge is 2.24. The van der Waals surface area contributed by atoms with Gasteiger partial charge >= 0.3 is 0 Å². The summed E-state index contributed by atoms with van der Waals surface area (Å²) in [5.41, 5.74) is 0.387. The summed E-state index contributed by atoms with van der Waals surface area (Å²) in [5.74, 6) is 0.0208. The number of carbonyl (C=O) groups excluding carboxylic acids is 1. The van der Waals surface area contributed by atoms with Gasteiger partial charge in [-0.1, -0.05) is 12.1 Å². The molecule has 5 nitrogen and oxygen atoms in total. The van der Waals surface area contributed by atoms with Crippen LogP contribution in [0.15, 0.2) is 35.7 Å². The van der Waals surface area contributed by atoms with Crippen LogP contribution in [0.25, 0.3) is 0 Å². The second kappa shape index (κ2) is 4.81. The average molecular weight is 267 g/mol. The number of hydrogen-bond acceptors (Lipinski definition) is 4. The Morgan fingerprint density at radius 3 is 2.72 bits per heavy atom. The van der Waals surface area contributed by atoms with E-state index >= 15 is 0 Å². The minimum absolute atomic E-state index is 0.0894. The molecule has 0 bridgehead atoms. The lowest BCUT2D eigenvalue weighted by Gasteiger charge is -2.12. The monoisotopic (exact) mass is 267 g/mol. The van der Waals surface area contributed by atoms with Crippen molar-refractivity contribution in [2.45, 2.75) is 6.04 Å². The third kappa shape index (κ3) is 2.70. The molecule has 0 aliphatic carbocycles. The quantitative estimate of drug-likeness (QED) is 0.876. The number of benzene rings is 1. The van der Waals surface area contributed by atoms with Gasteiger partial charge in [0.2, 0.25) is 0 Å². The van der Waals surface area contributed by atoms with Gasteiger partial charge < -0.3 is 10.1 Å². The first-order valence-corrected chi connectivity index (χ1v) is 7.08. The van der Waals surface area contributed by atoms with Gasteiger partial charge in [-0.05, 0) is 18.2 Å². The zero-order chi connectivity index (χ0) is 13.2. The summed E-state index contributed by atoms with van der Waals surface area (Å²) in [4.78, 5) is 12.0. The lowest BCUT2D eigenvalue weighted by Crippen LogP contribution is -2.35. The van der Waals surface area contributed by atoms with E-state index < -0.39 is 15.9 Å². The lowest BCUT2D eigenvalue weighted by atomic mass is 10.1. The number of carbonyl (C=O) groups is 1. The van der Waals surface area contributed by atoms with Crippen LogP contribution in [0.1, 0.15) is 10.4 Å². The number of nitrogens with one attached hydrogen (secondary N) is 1. The summed E-state index contributed by atoms with van der Waals surface area (Å²) < 4.78 is 27.5. The van der Waals surface area contributed by atoms with Crippen LogP contribution in [0.3, 0.4) is 0 Å². The van der Waals surface area contributed by atoms with E-state index in [0.29, 0.717) is 11.3 Å². The SMILES string of the molecule is COc1ccccc1C(=O)NC1C=CS(=O)(=O)C1. The fourth-order valence-electron chi connectivity index (χ4n) is 1.74. The fourth-order valence-corrected chi connectivity index (χ4v) is 2.98. The van der Waals surface area contributed by atoms with Crippen molar-refractivity contribution >= 4 is 15.7 Å². The van der Waals surface area contributed by atoms with Gasteiger partial charge in [-0.3, -0.25) is 4.79 Å². The number of sulfone groups is 1. The Labute approximate surface area is 105 Å². The molecule has 1 amide bonds. The lowest BCUT2D eigenvalue weighted by molar-refractivity contribution is 0.0944. The number of ether oxygens (including phenoxy) is 1. The highest BCUT2D eigenvalue weighted by atomic mass is 32.2. The smallest absolute Gasteiger partial charge is 0.255 e. The van der Waals surface area contributed by atoms with E-state index in [2.05, 4.69) is 5.32 Å². The Morgan fingerprint density at radius 2 is 2.11 bits per heavy atom. The molecular formula is C12H13NO4S. The summed E-state index contributed by atoms with van der Waals surface area (Å²) in [7, 11) is -1.69. The van der Waals surface area contributed by atoms with Gasteiger partial charge in [-0.15, -0.1) is 0 Å². The normalized spacial score (nSPS) is 20.6. The predicted octanol–water partition coefficient (Wildman–Crippen LogP) is 0.736. The van der Waals surface area contributed by atoms with E-state index in [-0.39, 0.29) is 11.7 Å². The number of amides is 1. The summed E-state index contributed by atoms with van der Waals surface area (Å²) in [6.07, 6.45) is 1.47. The van der Waals surface area contributed by atoms with E-state index in [1.54, 1.807) is 24.3 Å². The van der Waals surface area contributed by atoms with Crippen LogP contribution in [0, 0.1) is 0 Å². The number of hydrogen-bond donors (Lipinski definition) is 1. The number of para-hydroxylation sites is 1. The molecule has 6 heteroatoms. The molecular weight excluding hydrogens is 254 g/mol. The maximum atomic E-state index is 12.0. The van der Waals surface area contributed by atoms with Crippen LogP contribution in [0.2, 0.25) is 0 Å².